The number of rotatable bonds is 1. The van der Waals surface area contributed by atoms with Crippen LogP contribution < -0.4 is 5.32 Å². The Morgan fingerprint density at radius 3 is 2.72 bits per heavy atom. The number of ether oxygens (including phenoxy) is 1. The zero-order chi connectivity index (χ0) is 13.3. The lowest BCUT2D eigenvalue weighted by Gasteiger charge is -2.24. The maximum absolute atomic E-state index is 12.0. The van der Waals surface area contributed by atoms with Crippen molar-refractivity contribution in [3.63, 3.8) is 0 Å². The molecule has 0 spiro atoms. The minimum Gasteiger partial charge on any atom is -0.456 e. The molecule has 0 radical (unpaired) electrons. The topological polar surface area (TPSA) is 38.3 Å². The molecular weight excluding hydrogens is 226 g/mol. The van der Waals surface area contributed by atoms with Gasteiger partial charge in [-0.1, -0.05) is 6.07 Å². The average Bonchev–Trinajstić information content (AvgIpc) is 2.25. The molecule has 1 atom stereocenters. The van der Waals surface area contributed by atoms with E-state index in [1.54, 1.807) is 0 Å². The Morgan fingerprint density at radius 1 is 1.33 bits per heavy atom. The molecule has 0 amide bonds. The maximum Gasteiger partial charge on any atom is 0.338 e. The third kappa shape index (κ3) is 3.10. The van der Waals surface area contributed by atoms with E-state index in [2.05, 4.69) is 12.2 Å². The van der Waals surface area contributed by atoms with E-state index >= 15 is 0 Å². The number of benzene rings is 1. The Hall–Kier alpha value is -1.35. The summed E-state index contributed by atoms with van der Waals surface area (Å²) in [6.45, 7) is 8.69. The Balaban J connectivity index is 2.20. The van der Waals surface area contributed by atoms with Crippen molar-refractivity contribution >= 4 is 5.97 Å². The Bertz CT molecular complexity index is 460. The molecular formula is C15H21NO2. The van der Waals surface area contributed by atoms with Gasteiger partial charge in [0.05, 0.1) is 5.56 Å². The third-order valence-corrected chi connectivity index (χ3v) is 3.01. The molecule has 0 aliphatic carbocycles. The lowest BCUT2D eigenvalue weighted by molar-refractivity contribution is 0.00693. The monoisotopic (exact) mass is 247 g/mol. The fraction of sp³-hybridized carbons (Fsp3) is 0.533. The van der Waals surface area contributed by atoms with Crippen LogP contribution in [0.1, 0.15) is 49.2 Å². The molecule has 1 N–H and O–H groups in total. The second kappa shape index (κ2) is 4.73. The smallest absolute Gasteiger partial charge is 0.338 e. The number of fused-ring (bicyclic) bond motifs is 1. The second-order valence-electron chi connectivity index (χ2n) is 5.97. The van der Waals surface area contributed by atoms with Gasteiger partial charge in [-0.15, -0.1) is 0 Å². The van der Waals surface area contributed by atoms with E-state index in [-0.39, 0.29) is 5.97 Å². The van der Waals surface area contributed by atoms with Crippen molar-refractivity contribution in [2.24, 2.45) is 0 Å². The molecule has 0 saturated heterocycles. The van der Waals surface area contributed by atoms with Crippen molar-refractivity contribution in [1.29, 1.82) is 0 Å². The van der Waals surface area contributed by atoms with Crippen molar-refractivity contribution in [3.8, 4) is 0 Å². The van der Waals surface area contributed by atoms with Gasteiger partial charge >= 0.3 is 5.97 Å². The largest absolute Gasteiger partial charge is 0.456 e. The first-order valence-corrected chi connectivity index (χ1v) is 6.44. The summed E-state index contributed by atoms with van der Waals surface area (Å²) in [6.07, 6.45) is 0.964. The van der Waals surface area contributed by atoms with Crippen LogP contribution in [0.3, 0.4) is 0 Å². The summed E-state index contributed by atoms with van der Waals surface area (Å²) in [5, 5.41) is 3.41. The first-order chi connectivity index (χ1) is 8.35. The highest BCUT2D eigenvalue weighted by Crippen LogP contribution is 2.20. The van der Waals surface area contributed by atoms with Crippen LogP contribution in [0.5, 0.6) is 0 Å². The average molecular weight is 247 g/mol. The molecule has 0 fully saturated rings. The third-order valence-electron chi connectivity index (χ3n) is 3.01. The molecule has 1 heterocycles. The van der Waals surface area contributed by atoms with Crippen molar-refractivity contribution in [2.75, 3.05) is 0 Å². The predicted octanol–water partition coefficient (Wildman–Crippen LogP) is 2.68. The molecule has 3 heteroatoms. The van der Waals surface area contributed by atoms with Gasteiger partial charge in [0.2, 0.25) is 0 Å². The van der Waals surface area contributed by atoms with Crippen molar-refractivity contribution in [1.82, 2.24) is 5.32 Å². The van der Waals surface area contributed by atoms with Gasteiger partial charge in [-0.05, 0) is 57.4 Å². The number of carbonyl (C=O) groups is 1. The van der Waals surface area contributed by atoms with Crippen LogP contribution >= 0.6 is 0 Å². The normalized spacial score (nSPS) is 19.2. The highest BCUT2D eigenvalue weighted by atomic mass is 16.6. The summed E-state index contributed by atoms with van der Waals surface area (Å²) in [4.78, 5) is 12.0. The summed E-state index contributed by atoms with van der Waals surface area (Å²) in [6, 6.07) is 6.31. The van der Waals surface area contributed by atoms with Crippen molar-refractivity contribution < 1.29 is 9.53 Å². The summed E-state index contributed by atoms with van der Waals surface area (Å²) in [5.74, 6) is -0.239. The van der Waals surface area contributed by atoms with Crippen LogP contribution in [0, 0.1) is 0 Å². The first kappa shape index (κ1) is 13.1. The maximum atomic E-state index is 12.0. The molecule has 18 heavy (non-hydrogen) atoms. The van der Waals surface area contributed by atoms with Crippen LogP contribution in [-0.2, 0) is 17.7 Å². The fourth-order valence-corrected chi connectivity index (χ4v) is 2.14. The lowest BCUT2D eigenvalue weighted by atomic mass is 9.95. The molecule has 1 aromatic rings. The Morgan fingerprint density at radius 2 is 2.06 bits per heavy atom. The van der Waals surface area contributed by atoms with Gasteiger partial charge in [0, 0.05) is 12.6 Å². The van der Waals surface area contributed by atoms with E-state index in [1.807, 2.05) is 39.0 Å². The zero-order valence-corrected chi connectivity index (χ0v) is 11.5. The highest BCUT2D eigenvalue weighted by molar-refractivity contribution is 5.90. The number of carbonyl (C=O) groups excluding carboxylic acids is 1. The van der Waals surface area contributed by atoms with Crippen LogP contribution in [-0.4, -0.2) is 17.6 Å². The summed E-state index contributed by atoms with van der Waals surface area (Å²) < 4.78 is 5.39. The van der Waals surface area contributed by atoms with Crippen LogP contribution in [0.15, 0.2) is 18.2 Å². The molecule has 0 bridgehead atoms. The minimum absolute atomic E-state index is 0.239. The molecule has 1 aromatic carbocycles. The van der Waals surface area contributed by atoms with E-state index in [9.17, 15) is 4.79 Å². The SMILES string of the molecule is CC1Cc2cc(C(=O)OC(C)(C)C)ccc2CN1. The van der Waals surface area contributed by atoms with Gasteiger partial charge in [-0.2, -0.15) is 0 Å². The fourth-order valence-electron chi connectivity index (χ4n) is 2.14. The van der Waals surface area contributed by atoms with Crippen molar-refractivity contribution in [2.45, 2.75) is 52.3 Å². The van der Waals surface area contributed by atoms with Gasteiger partial charge in [-0.3, -0.25) is 0 Å². The Kier molecular flexibility index (Phi) is 3.44. The molecule has 2 rings (SSSR count). The lowest BCUT2D eigenvalue weighted by Crippen LogP contribution is -2.33. The number of esters is 1. The van der Waals surface area contributed by atoms with Gasteiger partial charge in [-0.25, -0.2) is 4.79 Å². The molecule has 3 nitrogen and oxygen atoms in total. The summed E-state index contributed by atoms with van der Waals surface area (Å²) >= 11 is 0. The Labute approximate surface area is 109 Å². The van der Waals surface area contributed by atoms with E-state index in [1.165, 1.54) is 11.1 Å². The van der Waals surface area contributed by atoms with Gasteiger partial charge in [0.15, 0.2) is 0 Å². The van der Waals surface area contributed by atoms with E-state index in [0.29, 0.717) is 11.6 Å². The molecule has 1 aliphatic rings. The summed E-state index contributed by atoms with van der Waals surface area (Å²) in [7, 11) is 0. The molecule has 0 aromatic heterocycles. The van der Waals surface area contributed by atoms with Gasteiger partial charge < -0.3 is 10.1 Å². The van der Waals surface area contributed by atoms with Crippen LogP contribution in [0.2, 0.25) is 0 Å². The summed E-state index contributed by atoms with van der Waals surface area (Å²) in [5.41, 5.74) is 2.74. The molecule has 0 saturated carbocycles. The van der Waals surface area contributed by atoms with Gasteiger partial charge in [0.25, 0.3) is 0 Å². The second-order valence-corrected chi connectivity index (χ2v) is 5.97. The molecule has 98 valence electrons. The zero-order valence-electron chi connectivity index (χ0n) is 11.5. The quantitative estimate of drug-likeness (QED) is 0.775. The van der Waals surface area contributed by atoms with Gasteiger partial charge in [0.1, 0.15) is 5.60 Å². The van der Waals surface area contributed by atoms with Crippen LogP contribution in [0.25, 0.3) is 0 Å². The van der Waals surface area contributed by atoms with E-state index in [4.69, 9.17) is 4.74 Å². The molecule has 1 unspecified atom stereocenters. The predicted molar refractivity (Wildman–Crippen MR) is 71.6 cm³/mol. The van der Waals surface area contributed by atoms with E-state index < -0.39 is 5.60 Å². The van der Waals surface area contributed by atoms with E-state index in [0.717, 1.165) is 13.0 Å². The number of hydrogen-bond donors (Lipinski definition) is 1. The highest BCUT2D eigenvalue weighted by Gasteiger charge is 2.20. The van der Waals surface area contributed by atoms with Crippen LogP contribution in [0.4, 0.5) is 0 Å². The standard InChI is InChI=1S/C15H21NO2/c1-10-7-13-8-11(5-6-12(13)9-16-10)14(17)18-15(2,3)4/h5-6,8,10,16H,7,9H2,1-4H3. The minimum atomic E-state index is -0.443. The van der Waals surface area contributed by atoms with Crippen molar-refractivity contribution in [3.05, 3.63) is 34.9 Å². The molecule has 1 aliphatic heterocycles. The number of hydrogen-bond acceptors (Lipinski definition) is 3. The first-order valence-electron chi connectivity index (χ1n) is 6.44. The number of nitrogens with one attached hydrogen (secondary N) is 1.